The second-order valence-electron chi connectivity index (χ2n) is 12.5. The van der Waals surface area contributed by atoms with Gasteiger partial charge in [0.1, 0.15) is 11.6 Å². The molecular formula is C35H43N3O5. The van der Waals surface area contributed by atoms with Gasteiger partial charge < -0.3 is 24.5 Å². The van der Waals surface area contributed by atoms with Crippen LogP contribution in [0.3, 0.4) is 0 Å². The van der Waals surface area contributed by atoms with Crippen molar-refractivity contribution < 1.29 is 24.2 Å². The van der Waals surface area contributed by atoms with Crippen molar-refractivity contribution in [1.82, 2.24) is 9.80 Å². The molecule has 3 fully saturated rings. The maximum atomic E-state index is 15.0. The fraction of sp³-hybridized carbons (Fsp3) is 0.457. The van der Waals surface area contributed by atoms with Gasteiger partial charge in [0.05, 0.1) is 30.1 Å². The lowest BCUT2D eigenvalue weighted by molar-refractivity contribution is -0.151. The van der Waals surface area contributed by atoms with Crippen molar-refractivity contribution >= 4 is 23.4 Å². The first-order valence-electron chi connectivity index (χ1n) is 15.1. The fourth-order valence-electron chi connectivity index (χ4n) is 7.87. The molecule has 3 aliphatic heterocycles. The van der Waals surface area contributed by atoms with Gasteiger partial charge in [-0.2, -0.15) is 0 Å². The van der Waals surface area contributed by atoms with Crippen LogP contribution in [0, 0.1) is 25.7 Å². The summed E-state index contributed by atoms with van der Waals surface area (Å²) in [5, 5.41) is 10.8. The number of ether oxygens (including phenoxy) is 1. The monoisotopic (exact) mass is 585 g/mol. The third-order valence-corrected chi connectivity index (χ3v) is 9.70. The lowest BCUT2D eigenvalue weighted by Gasteiger charge is -2.40. The molecule has 6 atom stereocenters. The van der Waals surface area contributed by atoms with Gasteiger partial charge in [-0.1, -0.05) is 60.7 Å². The Morgan fingerprint density at radius 1 is 1.05 bits per heavy atom. The highest BCUT2D eigenvalue weighted by molar-refractivity contribution is 6.06. The number of carbonyl (C=O) groups is 3. The van der Waals surface area contributed by atoms with Crippen molar-refractivity contribution in [3.63, 3.8) is 0 Å². The number of likely N-dealkylation sites (N-methyl/N-ethyl adjacent to an activating group) is 1. The van der Waals surface area contributed by atoms with Gasteiger partial charge in [0.15, 0.2) is 0 Å². The third-order valence-electron chi connectivity index (χ3n) is 9.70. The summed E-state index contributed by atoms with van der Waals surface area (Å²) >= 11 is 0. The van der Waals surface area contributed by atoms with Crippen LogP contribution in [0.25, 0.3) is 0 Å². The Balaban J connectivity index is 1.66. The zero-order valence-electron chi connectivity index (χ0n) is 25.7. The number of aryl methyl sites for hydroxylation is 2. The molecule has 228 valence electrons. The lowest BCUT2D eigenvalue weighted by atomic mass is 9.66. The van der Waals surface area contributed by atoms with Gasteiger partial charge in [-0.25, -0.2) is 0 Å². The summed E-state index contributed by atoms with van der Waals surface area (Å²) in [5.74, 6) is -2.42. The summed E-state index contributed by atoms with van der Waals surface area (Å²) in [4.78, 5) is 48.5. The average molecular weight is 586 g/mol. The van der Waals surface area contributed by atoms with Crippen molar-refractivity contribution in [2.45, 2.75) is 63.3 Å². The smallest absolute Gasteiger partial charge is 0.253 e. The van der Waals surface area contributed by atoms with Gasteiger partial charge in [-0.05, 0) is 56.7 Å². The molecule has 3 heterocycles. The number of para-hydroxylation sites is 1. The topological polar surface area (TPSA) is 90.4 Å². The van der Waals surface area contributed by atoms with E-state index < -0.39 is 35.1 Å². The molecular weight excluding hydrogens is 542 g/mol. The minimum atomic E-state index is -1.21. The van der Waals surface area contributed by atoms with E-state index in [1.165, 1.54) is 0 Å². The summed E-state index contributed by atoms with van der Waals surface area (Å²) in [5.41, 5.74) is 1.44. The molecule has 2 aromatic rings. The quantitative estimate of drug-likeness (QED) is 0.405. The predicted octanol–water partition coefficient (Wildman–Crippen LogP) is 3.84. The Hall–Kier alpha value is -3.75. The number of benzene rings is 2. The highest BCUT2D eigenvalue weighted by atomic mass is 16.5. The minimum Gasteiger partial charge on any atom is -0.394 e. The van der Waals surface area contributed by atoms with Crippen molar-refractivity contribution in [2.75, 3.05) is 31.6 Å². The van der Waals surface area contributed by atoms with Gasteiger partial charge in [-0.15, -0.1) is 13.2 Å². The number of hydrogen-bond acceptors (Lipinski definition) is 5. The Labute approximate surface area is 254 Å². The lowest BCUT2D eigenvalue weighted by Crippen LogP contribution is -2.59. The van der Waals surface area contributed by atoms with Crippen LogP contribution in [-0.2, 0) is 25.5 Å². The Morgan fingerprint density at radius 2 is 1.70 bits per heavy atom. The highest BCUT2D eigenvalue weighted by Gasteiger charge is 2.78. The molecule has 43 heavy (non-hydrogen) atoms. The van der Waals surface area contributed by atoms with Crippen LogP contribution in [-0.4, -0.2) is 82.7 Å². The van der Waals surface area contributed by atoms with Crippen LogP contribution in [0.15, 0.2) is 73.8 Å². The summed E-state index contributed by atoms with van der Waals surface area (Å²) in [6.07, 6.45) is 4.68. The molecule has 0 aromatic heterocycles. The summed E-state index contributed by atoms with van der Waals surface area (Å²) in [7, 11) is 1.70. The molecule has 1 spiro atoms. The number of rotatable bonds is 11. The predicted molar refractivity (Wildman–Crippen MR) is 166 cm³/mol. The molecule has 3 saturated heterocycles. The molecule has 3 aliphatic rings. The fourth-order valence-corrected chi connectivity index (χ4v) is 7.87. The van der Waals surface area contributed by atoms with Gasteiger partial charge >= 0.3 is 0 Å². The zero-order chi connectivity index (χ0) is 31.1. The van der Waals surface area contributed by atoms with E-state index in [2.05, 4.69) is 13.2 Å². The molecule has 8 nitrogen and oxygen atoms in total. The first kappa shape index (κ1) is 30.7. The largest absolute Gasteiger partial charge is 0.394 e. The average Bonchev–Trinajstić information content (AvgIpc) is 3.56. The van der Waals surface area contributed by atoms with Crippen molar-refractivity contribution in [2.24, 2.45) is 11.8 Å². The first-order chi connectivity index (χ1) is 20.5. The van der Waals surface area contributed by atoms with Crippen LogP contribution in [0.1, 0.15) is 36.5 Å². The molecule has 1 N–H and O–H groups in total. The van der Waals surface area contributed by atoms with Gasteiger partial charge in [-0.3, -0.25) is 14.4 Å². The van der Waals surface area contributed by atoms with E-state index in [1.807, 2.05) is 69.3 Å². The summed E-state index contributed by atoms with van der Waals surface area (Å²) in [6, 6.07) is 13.8. The van der Waals surface area contributed by atoms with Crippen LogP contribution in [0.5, 0.6) is 0 Å². The second kappa shape index (κ2) is 11.7. The standard InChI is InChI=1S/C35H43N3O5/c1-7-19-36(6)31(40)27-28-32(41)38(26(22-39)21-25-15-10-9-11-16-25)30(35(28)18-17-34(27,5)43-35)33(42)37(20-8-2)29-23(3)13-12-14-24(29)4/h7-16,26-28,30,39H,1-2,17-22H2,3-6H3/t26-,27+,28+,30?,34-,35?/m1/s1. The minimum absolute atomic E-state index is 0.198. The Bertz CT molecular complexity index is 1410. The second-order valence-corrected chi connectivity index (χ2v) is 12.5. The van der Waals surface area contributed by atoms with Crippen LogP contribution >= 0.6 is 0 Å². The number of hydrogen-bond donors (Lipinski definition) is 1. The van der Waals surface area contributed by atoms with E-state index in [0.717, 1.165) is 22.4 Å². The van der Waals surface area contributed by atoms with Crippen molar-refractivity contribution in [1.29, 1.82) is 0 Å². The molecule has 8 heteroatoms. The molecule has 3 amide bonds. The van der Waals surface area contributed by atoms with Crippen molar-refractivity contribution in [3.8, 4) is 0 Å². The number of fused-ring (bicyclic) bond motifs is 1. The SMILES string of the molecule is C=CCN(C)C(=O)[C@@H]1[C@H]2C(=O)N([C@@H](CO)Cc3ccccc3)C(C(=O)N(CC=C)c3c(C)cccc3C)C23CC[C@@]1(C)O3. The van der Waals surface area contributed by atoms with Crippen LogP contribution in [0.4, 0.5) is 5.69 Å². The molecule has 2 aromatic carbocycles. The number of carbonyl (C=O) groups excluding carboxylic acids is 3. The van der Waals surface area contributed by atoms with Gasteiger partial charge in [0.25, 0.3) is 5.91 Å². The Morgan fingerprint density at radius 3 is 2.30 bits per heavy atom. The van der Waals surface area contributed by atoms with E-state index in [1.54, 1.807) is 33.9 Å². The van der Waals surface area contributed by atoms with E-state index in [4.69, 9.17) is 4.74 Å². The van der Waals surface area contributed by atoms with Crippen molar-refractivity contribution in [3.05, 3.63) is 90.5 Å². The van der Waals surface area contributed by atoms with E-state index in [-0.39, 0.29) is 30.9 Å². The maximum absolute atomic E-state index is 15.0. The van der Waals surface area contributed by atoms with Gasteiger partial charge in [0.2, 0.25) is 11.8 Å². The molecule has 0 radical (unpaired) electrons. The number of aliphatic hydroxyl groups excluding tert-OH is 1. The number of nitrogens with zero attached hydrogens (tertiary/aromatic N) is 3. The number of amides is 3. The normalized spacial score (nSPS) is 28.0. The van der Waals surface area contributed by atoms with Crippen LogP contribution in [0.2, 0.25) is 0 Å². The van der Waals surface area contributed by atoms with Crippen LogP contribution < -0.4 is 4.90 Å². The maximum Gasteiger partial charge on any atom is 0.253 e. The van der Waals surface area contributed by atoms with E-state index >= 15 is 4.79 Å². The van der Waals surface area contributed by atoms with E-state index in [0.29, 0.717) is 25.8 Å². The first-order valence-corrected chi connectivity index (χ1v) is 15.1. The highest BCUT2D eigenvalue weighted by Crippen LogP contribution is 2.64. The molecule has 2 bridgehead atoms. The molecule has 2 unspecified atom stereocenters. The molecule has 5 rings (SSSR count). The zero-order valence-corrected chi connectivity index (χ0v) is 25.7. The third kappa shape index (κ3) is 4.90. The van der Waals surface area contributed by atoms with E-state index in [9.17, 15) is 14.7 Å². The number of likely N-dealkylation sites (tertiary alicyclic amines) is 1. The number of anilines is 1. The Kier molecular flexibility index (Phi) is 8.38. The summed E-state index contributed by atoms with van der Waals surface area (Å²) < 4.78 is 6.85. The molecule has 0 aliphatic carbocycles. The summed E-state index contributed by atoms with van der Waals surface area (Å²) in [6.45, 7) is 13.7. The number of aliphatic hydroxyl groups is 1. The van der Waals surface area contributed by atoms with Gasteiger partial charge in [0, 0.05) is 25.8 Å². The molecule has 0 saturated carbocycles.